The summed E-state index contributed by atoms with van der Waals surface area (Å²) in [4.78, 5) is 14.8. The van der Waals surface area contributed by atoms with Crippen molar-refractivity contribution in [1.82, 2.24) is 15.5 Å². The van der Waals surface area contributed by atoms with Gasteiger partial charge in [0.2, 0.25) is 0 Å². The first-order valence-electron chi connectivity index (χ1n) is 8.96. The molecule has 2 N–H and O–H groups in total. The predicted octanol–water partition coefficient (Wildman–Crippen LogP) is 1.88. The molecule has 2 saturated heterocycles. The van der Waals surface area contributed by atoms with Gasteiger partial charge in [-0.2, -0.15) is 0 Å². The zero-order valence-electron chi connectivity index (χ0n) is 13.9. The highest BCUT2D eigenvalue weighted by atomic mass is 16.6. The van der Waals surface area contributed by atoms with E-state index in [2.05, 4.69) is 15.5 Å². The van der Waals surface area contributed by atoms with E-state index in [-0.39, 0.29) is 12.1 Å². The average molecular weight is 331 g/mol. The third-order valence-electron chi connectivity index (χ3n) is 5.23. The van der Waals surface area contributed by atoms with Gasteiger partial charge in [-0.1, -0.05) is 12.5 Å². The van der Waals surface area contributed by atoms with Crippen molar-refractivity contribution in [3.05, 3.63) is 23.8 Å². The molecule has 2 amide bonds. The number of carbonyl (C=O) groups excluding carboxylic acids is 1. The van der Waals surface area contributed by atoms with Crippen molar-refractivity contribution in [1.29, 1.82) is 0 Å². The van der Waals surface area contributed by atoms with Gasteiger partial charge in [0.15, 0.2) is 11.5 Å². The van der Waals surface area contributed by atoms with Crippen LogP contribution < -0.4 is 20.1 Å². The monoisotopic (exact) mass is 331 g/mol. The summed E-state index contributed by atoms with van der Waals surface area (Å²) in [6, 6.07) is 6.53. The van der Waals surface area contributed by atoms with Crippen molar-refractivity contribution in [3.63, 3.8) is 0 Å². The molecular formula is C18H25N3O3. The maximum atomic E-state index is 12.2. The molecule has 0 bridgehead atoms. The Hall–Kier alpha value is -1.95. The molecule has 0 spiro atoms. The second kappa shape index (κ2) is 6.89. The molecule has 6 nitrogen and oxygen atoms in total. The summed E-state index contributed by atoms with van der Waals surface area (Å²) < 4.78 is 11.1. The summed E-state index contributed by atoms with van der Waals surface area (Å²) in [5.74, 6) is 1.53. The van der Waals surface area contributed by atoms with Gasteiger partial charge in [0.1, 0.15) is 13.2 Å². The summed E-state index contributed by atoms with van der Waals surface area (Å²) in [6.07, 6.45) is 4.83. The number of nitrogens with zero attached hydrogens (tertiary/aromatic N) is 1. The molecule has 2 atom stereocenters. The van der Waals surface area contributed by atoms with Crippen molar-refractivity contribution in [2.24, 2.45) is 0 Å². The van der Waals surface area contributed by atoms with Crippen LogP contribution in [0.4, 0.5) is 4.79 Å². The van der Waals surface area contributed by atoms with E-state index in [1.54, 1.807) is 0 Å². The number of benzene rings is 1. The van der Waals surface area contributed by atoms with Gasteiger partial charge in [-0.15, -0.1) is 0 Å². The molecule has 4 rings (SSSR count). The Kier molecular flexibility index (Phi) is 4.47. The van der Waals surface area contributed by atoms with Gasteiger partial charge in [-0.05, 0) is 43.5 Å². The highest BCUT2D eigenvalue weighted by Crippen LogP contribution is 2.30. The van der Waals surface area contributed by atoms with E-state index in [9.17, 15) is 4.79 Å². The van der Waals surface area contributed by atoms with Gasteiger partial charge in [0.25, 0.3) is 0 Å². The van der Waals surface area contributed by atoms with Crippen LogP contribution in [0.5, 0.6) is 11.5 Å². The van der Waals surface area contributed by atoms with Gasteiger partial charge in [0.05, 0.1) is 0 Å². The fourth-order valence-corrected chi connectivity index (χ4v) is 4.02. The number of hydrogen-bond donors (Lipinski definition) is 2. The number of amides is 2. The summed E-state index contributed by atoms with van der Waals surface area (Å²) in [5.41, 5.74) is 1.01. The minimum absolute atomic E-state index is 0.0812. The smallest absolute Gasteiger partial charge is 0.315 e. The first-order chi connectivity index (χ1) is 11.8. The van der Waals surface area contributed by atoms with Crippen LogP contribution in [0.2, 0.25) is 0 Å². The molecule has 2 fully saturated rings. The van der Waals surface area contributed by atoms with Gasteiger partial charge in [-0.25, -0.2) is 4.79 Å². The molecule has 0 unspecified atom stereocenters. The quantitative estimate of drug-likeness (QED) is 0.888. The van der Waals surface area contributed by atoms with Crippen LogP contribution >= 0.6 is 0 Å². The molecule has 3 heterocycles. The normalized spacial score (nSPS) is 25.8. The number of carbonyl (C=O) groups is 1. The summed E-state index contributed by atoms with van der Waals surface area (Å²) in [7, 11) is 0. The Bertz CT molecular complexity index is 607. The van der Waals surface area contributed by atoms with Gasteiger partial charge in [0, 0.05) is 25.2 Å². The zero-order chi connectivity index (χ0) is 16.4. The maximum Gasteiger partial charge on any atom is 0.315 e. The van der Waals surface area contributed by atoms with Crippen LogP contribution in [0.3, 0.4) is 0 Å². The molecule has 0 saturated carbocycles. The third kappa shape index (κ3) is 3.29. The number of fused-ring (bicyclic) bond motifs is 2. The lowest BCUT2D eigenvalue weighted by molar-refractivity contribution is 0.171. The Morgan fingerprint density at radius 1 is 1.12 bits per heavy atom. The average Bonchev–Trinajstić information content (AvgIpc) is 3.03. The third-order valence-corrected chi connectivity index (χ3v) is 5.23. The number of hydrogen-bond acceptors (Lipinski definition) is 4. The van der Waals surface area contributed by atoms with Gasteiger partial charge in [-0.3, -0.25) is 4.90 Å². The van der Waals surface area contributed by atoms with E-state index in [4.69, 9.17) is 9.47 Å². The van der Waals surface area contributed by atoms with Crippen molar-refractivity contribution in [2.75, 3.05) is 26.3 Å². The first kappa shape index (κ1) is 15.6. The standard InChI is InChI=1S/C18H25N3O3/c22-18(20-14-6-8-21-7-2-1-3-15(14)21)19-12-13-4-5-16-17(11-13)24-10-9-23-16/h4-5,11,14-15H,1-3,6-10,12H2,(H2,19,20,22)/t14-,15+/m1/s1. The number of urea groups is 1. The SMILES string of the molecule is O=C(NCc1ccc2c(c1)OCCO2)N[C@@H]1CCN2CCCC[C@@H]12. The Morgan fingerprint density at radius 3 is 2.92 bits per heavy atom. The molecule has 24 heavy (non-hydrogen) atoms. The molecule has 0 radical (unpaired) electrons. The molecule has 0 aliphatic carbocycles. The van der Waals surface area contributed by atoms with Crippen molar-refractivity contribution < 1.29 is 14.3 Å². The van der Waals surface area contributed by atoms with Gasteiger partial charge >= 0.3 is 6.03 Å². The Balaban J connectivity index is 1.29. The topological polar surface area (TPSA) is 62.8 Å². The number of ether oxygens (including phenoxy) is 2. The van der Waals surface area contributed by atoms with Crippen LogP contribution in [0.1, 0.15) is 31.2 Å². The minimum Gasteiger partial charge on any atom is -0.486 e. The molecule has 3 aliphatic heterocycles. The fraction of sp³-hybridized carbons (Fsp3) is 0.611. The van der Waals surface area contributed by atoms with Crippen LogP contribution in [-0.2, 0) is 6.54 Å². The second-order valence-electron chi connectivity index (χ2n) is 6.80. The molecular weight excluding hydrogens is 306 g/mol. The minimum atomic E-state index is -0.0812. The molecule has 3 aliphatic rings. The van der Waals surface area contributed by atoms with Crippen LogP contribution in [-0.4, -0.2) is 49.3 Å². The first-order valence-corrected chi connectivity index (χ1v) is 8.96. The van der Waals surface area contributed by atoms with Crippen molar-refractivity contribution in [3.8, 4) is 11.5 Å². The van der Waals surface area contributed by atoms with E-state index in [0.717, 1.165) is 30.0 Å². The highest BCUT2D eigenvalue weighted by molar-refractivity contribution is 5.74. The summed E-state index contributed by atoms with van der Waals surface area (Å²) in [6.45, 7) is 3.94. The number of nitrogens with one attached hydrogen (secondary N) is 2. The molecule has 0 aromatic heterocycles. The number of piperidine rings is 1. The maximum absolute atomic E-state index is 12.2. The van der Waals surface area contributed by atoms with Gasteiger partial charge < -0.3 is 20.1 Å². The molecule has 130 valence electrons. The lowest BCUT2D eigenvalue weighted by atomic mass is 9.99. The number of rotatable bonds is 3. The molecule has 6 heteroatoms. The molecule has 1 aromatic carbocycles. The lowest BCUT2D eigenvalue weighted by Crippen LogP contribution is -2.49. The van der Waals surface area contributed by atoms with Crippen LogP contribution in [0.25, 0.3) is 0 Å². The summed E-state index contributed by atoms with van der Waals surface area (Å²) >= 11 is 0. The Morgan fingerprint density at radius 2 is 2.00 bits per heavy atom. The second-order valence-corrected chi connectivity index (χ2v) is 6.80. The molecule has 1 aromatic rings. The zero-order valence-corrected chi connectivity index (χ0v) is 13.9. The van der Waals surface area contributed by atoms with Crippen molar-refractivity contribution in [2.45, 2.75) is 44.3 Å². The van der Waals surface area contributed by atoms with E-state index < -0.39 is 0 Å². The van der Waals surface area contributed by atoms with Crippen molar-refractivity contribution >= 4 is 6.03 Å². The lowest BCUT2D eigenvalue weighted by Gasteiger charge is -2.32. The fourth-order valence-electron chi connectivity index (χ4n) is 4.02. The van der Waals surface area contributed by atoms with E-state index in [1.165, 1.54) is 25.8 Å². The highest BCUT2D eigenvalue weighted by Gasteiger charge is 2.36. The van der Waals surface area contributed by atoms with Crippen LogP contribution in [0.15, 0.2) is 18.2 Å². The predicted molar refractivity (Wildman–Crippen MR) is 90.4 cm³/mol. The van der Waals surface area contributed by atoms with Crippen LogP contribution in [0, 0.1) is 0 Å². The summed E-state index contributed by atoms with van der Waals surface area (Å²) in [5, 5.41) is 6.13. The van der Waals surface area contributed by atoms with E-state index in [0.29, 0.717) is 25.8 Å². The van der Waals surface area contributed by atoms with E-state index in [1.807, 2.05) is 18.2 Å². The Labute approximate surface area is 142 Å². The largest absolute Gasteiger partial charge is 0.486 e. The van der Waals surface area contributed by atoms with E-state index >= 15 is 0 Å².